The van der Waals surface area contributed by atoms with Crippen LogP contribution in [0.5, 0.6) is 0 Å². The van der Waals surface area contributed by atoms with Gasteiger partial charge in [0.2, 0.25) is 5.88 Å². The van der Waals surface area contributed by atoms with Crippen LogP contribution in [0.15, 0.2) is 150 Å². The van der Waals surface area contributed by atoms with E-state index in [0.29, 0.717) is 0 Å². The first-order chi connectivity index (χ1) is 31.3. The molecule has 0 fully saturated rings. The molecule has 4 heterocycles. The Morgan fingerprint density at radius 2 is 0.848 bits per heavy atom. The van der Waals surface area contributed by atoms with Gasteiger partial charge in [-0.3, -0.25) is 4.90 Å². The molecule has 11 rings (SSSR count). The van der Waals surface area contributed by atoms with Crippen LogP contribution in [0.25, 0.3) is 11.0 Å². The maximum Gasteiger partial charge on any atom is 0.257 e. The summed E-state index contributed by atoms with van der Waals surface area (Å²) in [6.45, 7) is 27.6. The molecule has 7 aromatic carbocycles. The van der Waals surface area contributed by atoms with E-state index >= 15 is 0 Å². The van der Waals surface area contributed by atoms with Crippen LogP contribution in [0.3, 0.4) is 0 Å². The van der Waals surface area contributed by atoms with Crippen LogP contribution in [0.1, 0.15) is 116 Å². The van der Waals surface area contributed by atoms with E-state index in [1.165, 1.54) is 77.9 Å². The first-order valence-corrected chi connectivity index (χ1v) is 23.9. The minimum Gasteiger partial charge on any atom is -0.440 e. The first kappa shape index (κ1) is 42.2. The lowest BCUT2D eigenvalue weighted by molar-refractivity contribution is 0.589. The van der Waals surface area contributed by atoms with Crippen molar-refractivity contribution in [2.45, 2.75) is 111 Å². The lowest BCUT2D eigenvalue weighted by atomic mass is 9.33. The van der Waals surface area contributed by atoms with Crippen LogP contribution < -0.4 is 31.1 Å². The van der Waals surface area contributed by atoms with E-state index in [-0.39, 0.29) is 28.4 Å². The highest BCUT2D eigenvalue weighted by molar-refractivity contribution is 7.01. The van der Waals surface area contributed by atoms with E-state index in [1.54, 1.807) is 0 Å². The van der Waals surface area contributed by atoms with E-state index in [2.05, 4.69) is 243 Å². The van der Waals surface area contributed by atoms with Gasteiger partial charge in [-0.25, -0.2) is 0 Å². The smallest absolute Gasteiger partial charge is 0.257 e. The summed E-state index contributed by atoms with van der Waals surface area (Å²) in [6, 6.07) is 55.6. The van der Waals surface area contributed by atoms with Crippen LogP contribution in [-0.2, 0) is 28.1 Å². The second kappa shape index (κ2) is 14.5. The largest absolute Gasteiger partial charge is 0.440 e. The van der Waals surface area contributed by atoms with Crippen molar-refractivity contribution in [2.75, 3.05) is 14.7 Å². The molecule has 0 amide bonds. The summed E-state index contributed by atoms with van der Waals surface area (Å²) < 4.78 is 7.34. The average molecular weight is 864 g/mol. The lowest BCUT2D eigenvalue weighted by Gasteiger charge is -2.44. The molecule has 0 radical (unpaired) electrons. The number of hydrogen-bond acceptors (Lipinski definition) is 4. The zero-order valence-corrected chi connectivity index (χ0v) is 40.9. The second-order valence-corrected chi connectivity index (χ2v) is 23.2. The molecule has 4 nitrogen and oxygen atoms in total. The van der Waals surface area contributed by atoms with E-state index in [0.717, 1.165) is 40.6 Å². The fourth-order valence-corrected chi connectivity index (χ4v) is 10.7. The predicted octanol–water partition coefficient (Wildman–Crippen LogP) is 15.1. The predicted molar refractivity (Wildman–Crippen MR) is 283 cm³/mol. The molecular weight excluding hydrogens is 802 g/mol. The number of rotatable bonds is 3. The van der Waals surface area contributed by atoms with E-state index < -0.39 is 0 Å². The van der Waals surface area contributed by atoms with Gasteiger partial charge in [-0.05, 0) is 133 Å². The van der Waals surface area contributed by atoms with Crippen molar-refractivity contribution < 1.29 is 4.42 Å². The number of benzene rings is 7. The summed E-state index contributed by atoms with van der Waals surface area (Å²) >= 11 is 0. The fourth-order valence-electron chi connectivity index (χ4n) is 10.7. The van der Waals surface area contributed by atoms with Gasteiger partial charge in [0.25, 0.3) is 6.71 Å². The van der Waals surface area contributed by atoms with Crippen molar-refractivity contribution in [1.82, 2.24) is 0 Å². The van der Waals surface area contributed by atoms with Gasteiger partial charge in [-0.2, -0.15) is 0 Å². The van der Waals surface area contributed by atoms with Gasteiger partial charge in [0, 0.05) is 57.1 Å². The molecule has 0 aliphatic carbocycles. The molecule has 66 heavy (non-hydrogen) atoms. The summed E-state index contributed by atoms with van der Waals surface area (Å²) in [5.41, 5.74) is 21.7. The van der Waals surface area contributed by atoms with Crippen molar-refractivity contribution in [3.63, 3.8) is 0 Å². The molecule has 5 heteroatoms. The van der Waals surface area contributed by atoms with Gasteiger partial charge in [0.1, 0.15) is 5.58 Å². The molecule has 0 unspecified atom stereocenters. The van der Waals surface area contributed by atoms with Crippen molar-refractivity contribution in [1.29, 1.82) is 0 Å². The zero-order valence-electron chi connectivity index (χ0n) is 40.9. The fraction of sp³-hybridized carbons (Fsp3) is 0.279. The van der Waals surface area contributed by atoms with Crippen molar-refractivity contribution in [2.24, 2.45) is 0 Å². The monoisotopic (exact) mass is 863 g/mol. The van der Waals surface area contributed by atoms with Gasteiger partial charge < -0.3 is 14.2 Å². The summed E-state index contributed by atoms with van der Waals surface area (Å²) in [7, 11) is 0. The Morgan fingerprint density at radius 1 is 0.394 bits per heavy atom. The van der Waals surface area contributed by atoms with Gasteiger partial charge in [-0.15, -0.1) is 0 Å². The Balaban J connectivity index is 1.29. The molecule has 330 valence electrons. The molecule has 0 saturated carbocycles. The maximum atomic E-state index is 7.34. The number of anilines is 9. The van der Waals surface area contributed by atoms with E-state index in [9.17, 15) is 0 Å². The third-order valence-electron chi connectivity index (χ3n) is 14.5. The molecule has 0 saturated heterocycles. The molecule has 3 aliphatic heterocycles. The Labute approximate surface area is 393 Å². The Bertz CT molecular complexity index is 3170. The molecule has 0 spiro atoms. The number of nitrogens with zero attached hydrogens (tertiary/aromatic N) is 3. The Hall–Kier alpha value is -6.46. The highest BCUT2D eigenvalue weighted by Crippen LogP contribution is 2.52. The van der Waals surface area contributed by atoms with E-state index in [4.69, 9.17) is 4.42 Å². The summed E-state index contributed by atoms with van der Waals surface area (Å²) in [5.74, 6) is 0.884. The van der Waals surface area contributed by atoms with Crippen molar-refractivity contribution >= 4 is 85.5 Å². The highest BCUT2D eigenvalue weighted by atomic mass is 16.4. The second-order valence-electron chi connectivity index (χ2n) is 23.2. The van der Waals surface area contributed by atoms with Gasteiger partial charge in [0.15, 0.2) is 0 Å². The lowest BCUT2D eigenvalue weighted by Crippen LogP contribution is -2.61. The van der Waals surface area contributed by atoms with Crippen LogP contribution in [0, 0.1) is 0 Å². The molecule has 0 bridgehead atoms. The molecule has 3 aliphatic rings. The third kappa shape index (κ3) is 6.71. The quantitative estimate of drug-likeness (QED) is 0.165. The minimum atomic E-state index is -0.107. The minimum absolute atomic E-state index is 0.00500. The third-order valence-corrected chi connectivity index (χ3v) is 14.5. The zero-order chi connectivity index (χ0) is 46.2. The standard InChI is InChI=1S/C61H62BN3O/c1-58(2,3)40-21-27-44(28-22-40)63-51-31-25-43(61(10,11)12)35-48(51)62-55-47-34-42(60(7,8)9)26-32-54(47)66-57(55)65(45-29-23-41(24-30-45)59(4,5)6)53-37-46(36-52(63)56(53)62)64-49-19-15-13-17-38(49)33-39-18-14-16-20-50(39)64/h13-32,34-37H,33H2,1-12H3. The maximum absolute atomic E-state index is 7.34. The normalized spacial score (nSPS) is 14.5. The SMILES string of the molecule is CC(C)(C)c1ccc(N2c3ccc(C(C)(C)C)cc3B3c4c2cc(N2c5ccccc5Cc5ccccc52)cc4N(c2ccc(C(C)(C)C)cc2)c2oc4ccc(C(C)(C)C)cc4c23)cc1. The highest BCUT2D eigenvalue weighted by Gasteiger charge is 2.47. The molecule has 8 aromatic rings. The number of para-hydroxylation sites is 2. The van der Waals surface area contributed by atoms with Crippen molar-refractivity contribution in [3.05, 3.63) is 179 Å². The number of furan rings is 1. The summed E-state index contributed by atoms with van der Waals surface area (Å²) in [4.78, 5) is 7.51. The number of fused-ring (bicyclic) bond motifs is 8. The average Bonchev–Trinajstić information content (AvgIpc) is 3.65. The summed E-state index contributed by atoms with van der Waals surface area (Å²) in [6.07, 6.45) is 0.892. The Kier molecular flexibility index (Phi) is 9.28. The van der Waals surface area contributed by atoms with Crippen molar-refractivity contribution in [3.8, 4) is 0 Å². The van der Waals surface area contributed by atoms with E-state index in [1.807, 2.05) is 0 Å². The first-order valence-electron chi connectivity index (χ1n) is 23.9. The molecule has 0 N–H and O–H groups in total. The molecule has 1 aromatic heterocycles. The molecular formula is C61H62BN3O. The summed E-state index contributed by atoms with van der Waals surface area (Å²) in [5, 5.41) is 1.17. The topological polar surface area (TPSA) is 22.9 Å². The number of hydrogen-bond donors (Lipinski definition) is 0. The Morgan fingerprint density at radius 3 is 1.39 bits per heavy atom. The van der Waals surface area contributed by atoms with Crippen LogP contribution in [0.4, 0.5) is 51.4 Å². The van der Waals surface area contributed by atoms with Gasteiger partial charge >= 0.3 is 0 Å². The molecule has 0 atom stereocenters. The van der Waals surface area contributed by atoms with Gasteiger partial charge in [-0.1, -0.05) is 162 Å². The van der Waals surface area contributed by atoms with Gasteiger partial charge in [0.05, 0.1) is 5.69 Å². The van der Waals surface area contributed by atoms with Crippen LogP contribution in [-0.4, -0.2) is 6.71 Å². The van der Waals surface area contributed by atoms with Crippen LogP contribution in [0.2, 0.25) is 0 Å². The van der Waals surface area contributed by atoms with Crippen LogP contribution >= 0.6 is 0 Å².